The molecule has 1 aromatic carbocycles. The van der Waals surface area contributed by atoms with Crippen LogP contribution >= 0.6 is 0 Å². The number of hydrogen-bond donors (Lipinski definition) is 1. The van der Waals surface area contributed by atoms with E-state index in [0.717, 1.165) is 0 Å². The van der Waals surface area contributed by atoms with E-state index in [1.807, 2.05) is 0 Å². The van der Waals surface area contributed by atoms with E-state index in [-0.39, 0.29) is 23.7 Å². The smallest absolute Gasteiger partial charge is 0.339 e. The molecular weight excluding hydrogens is 284 g/mol. The van der Waals surface area contributed by atoms with Crippen LogP contribution in [0.5, 0.6) is 11.5 Å². The van der Waals surface area contributed by atoms with Gasteiger partial charge in [-0.1, -0.05) is 0 Å². The molecule has 0 atom stereocenters. The maximum atomic E-state index is 11.6. The van der Waals surface area contributed by atoms with E-state index in [4.69, 9.17) is 14.6 Å². The number of carboxylic acid groups (broad SMARTS) is 1. The zero-order valence-corrected chi connectivity index (χ0v) is 12.4. The van der Waals surface area contributed by atoms with Crippen molar-refractivity contribution in [2.45, 2.75) is 19.1 Å². The number of carboxylic acids is 1. The molecule has 6 nitrogen and oxygen atoms in total. The monoisotopic (exact) mass is 302 g/mol. The molecule has 20 heavy (non-hydrogen) atoms. The second-order valence-electron chi connectivity index (χ2n) is 4.43. The summed E-state index contributed by atoms with van der Waals surface area (Å²) in [6.07, 6.45) is 0. The van der Waals surface area contributed by atoms with Crippen molar-refractivity contribution in [3.63, 3.8) is 0 Å². The zero-order valence-electron chi connectivity index (χ0n) is 11.6. The standard InChI is InChI=1S/C13H18O6S/c1-9(2)20(16,17)7-6-19-12-5-4-10(18-3)8-11(12)13(14)15/h4-5,8-9H,6-7H2,1-3H3,(H,14,15). The van der Waals surface area contributed by atoms with E-state index in [1.165, 1.54) is 19.2 Å². The molecule has 0 spiro atoms. The van der Waals surface area contributed by atoms with Crippen LogP contribution in [0.15, 0.2) is 18.2 Å². The van der Waals surface area contributed by atoms with Gasteiger partial charge in [0.2, 0.25) is 0 Å². The molecule has 0 fully saturated rings. The summed E-state index contributed by atoms with van der Waals surface area (Å²) in [6.45, 7) is 3.09. The fraction of sp³-hybridized carbons (Fsp3) is 0.462. The molecule has 112 valence electrons. The number of benzene rings is 1. The Labute approximate surface area is 118 Å². The third-order valence-corrected chi connectivity index (χ3v) is 4.93. The minimum Gasteiger partial charge on any atom is -0.497 e. The largest absolute Gasteiger partial charge is 0.497 e. The van der Waals surface area contributed by atoms with Crippen molar-refractivity contribution < 1.29 is 27.8 Å². The van der Waals surface area contributed by atoms with E-state index in [9.17, 15) is 13.2 Å². The van der Waals surface area contributed by atoms with Crippen LogP contribution in [0.25, 0.3) is 0 Å². The molecule has 0 aliphatic carbocycles. The van der Waals surface area contributed by atoms with E-state index in [1.54, 1.807) is 19.9 Å². The molecule has 1 N–H and O–H groups in total. The summed E-state index contributed by atoms with van der Waals surface area (Å²) in [5.41, 5.74) is -0.0636. The van der Waals surface area contributed by atoms with Gasteiger partial charge in [-0.15, -0.1) is 0 Å². The van der Waals surface area contributed by atoms with Gasteiger partial charge in [-0.3, -0.25) is 0 Å². The van der Waals surface area contributed by atoms with Crippen LogP contribution < -0.4 is 9.47 Å². The topological polar surface area (TPSA) is 89.9 Å². The van der Waals surface area contributed by atoms with E-state index < -0.39 is 21.1 Å². The van der Waals surface area contributed by atoms with Crippen molar-refractivity contribution in [1.29, 1.82) is 0 Å². The minimum absolute atomic E-state index is 0.0636. The molecular formula is C13H18O6S. The average Bonchev–Trinajstić information content (AvgIpc) is 2.38. The second-order valence-corrected chi connectivity index (χ2v) is 7.11. The van der Waals surface area contributed by atoms with Gasteiger partial charge in [0.1, 0.15) is 23.7 Å². The first-order valence-electron chi connectivity index (χ1n) is 6.03. The fourth-order valence-corrected chi connectivity index (χ4v) is 2.22. The number of sulfone groups is 1. The maximum Gasteiger partial charge on any atom is 0.339 e. The molecule has 0 bridgehead atoms. The zero-order chi connectivity index (χ0) is 15.3. The van der Waals surface area contributed by atoms with E-state index in [0.29, 0.717) is 5.75 Å². The maximum absolute atomic E-state index is 11.6. The van der Waals surface area contributed by atoms with Gasteiger partial charge in [-0.05, 0) is 32.0 Å². The summed E-state index contributed by atoms with van der Waals surface area (Å²) >= 11 is 0. The van der Waals surface area contributed by atoms with Gasteiger partial charge in [0, 0.05) is 0 Å². The van der Waals surface area contributed by atoms with Crippen molar-refractivity contribution >= 4 is 15.8 Å². The predicted molar refractivity (Wildman–Crippen MR) is 74.4 cm³/mol. The number of rotatable bonds is 7. The van der Waals surface area contributed by atoms with Gasteiger partial charge in [0.25, 0.3) is 0 Å². The van der Waals surface area contributed by atoms with Crippen LogP contribution in [0, 0.1) is 0 Å². The Balaban J connectivity index is 2.81. The Bertz CT molecular complexity index is 577. The third kappa shape index (κ3) is 4.12. The minimum atomic E-state index is -3.21. The van der Waals surface area contributed by atoms with Crippen LogP contribution in [0.4, 0.5) is 0 Å². The number of hydrogen-bond acceptors (Lipinski definition) is 5. The Morgan fingerprint density at radius 3 is 2.50 bits per heavy atom. The Morgan fingerprint density at radius 1 is 1.35 bits per heavy atom. The van der Waals surface area contributed by atoms with Crippen molar-refractivity contribution in [1.82, 2.24) is 0 Å². The quantitative estimate of drug-likeness (QED) is 0.822. The van der Waals surface area contributed by atoms with Crippen LogP contribution in [-0.2, 0) is 9.84 Å². The molecule has 0 unspecified atom stereocenters. The Kier molecular flexibility index (Phi) is 5.38. The van der Waals surface area contributed by atoms with Crippen LogP contribution in [-0.4, -0.2) is 44.2 Å². The number of ether oxygens (including phenoxy) is 2. The van der Waals surface area contributed by atoms with Gasteiger partial charge in [-0.25, -0.2) is 13.2 Å². The first-order valence-corrected chi connectivity index (χ1v) is 7.75. The fourth-order valence-electron chi connectivity index (χ4n) is 1.43. The lowest BCUT2D eigenvalue weighted by atomic mass is 10.2. The summed E-state index contributed by atoms with van der Waals surface area (Å²) in [5.74, 6) is -0.803. The molecule has 0 saturated carbocycles. The predicted octanol–water partition coefficient (Wildman–Crippen LogP) is 1.60. The molecule has 0 amide bonds. The normalized spacial score (nSPS) is 11.4. The molecule has 1 rings (SSSR count). The van der Waals surface area contributed by atoms with Crippen LogP contribution in [0.3, 0.4) is 0 Å². The lowest BCUT2D eigenvalue weighted by Crippen LogP contribution is -2.22. The Hall–Kier alpha value is -1.76. The molecule has 0 aromatic heterocycles. The third-order valence-electron chi connectivity index (χ3n) is 2.76. The average molecular weight is 302 g/mol. The molecule has 0 saturated heterocycles. The first-order chi connectivity index (χ1) is 9.27. The molecule has 1 aromatic rings. The van der Waals surface area contributed by atoms with Crippen molar-refractivity contribution in [2.75, 3.05) is 19.5 Å². The van der Waals surface area contributed by atoms with Gasteiger partial charge in [0.05, 0.1) is 18.1 Å². The van der Waals surface area contributed by atoms with E-state index in [2.05, 4.69) is 0 Å². The first kappa shape index (κ1) is 16.3. The number of methoxy groups -OCH3 is 1. The van der Waals surface area contributed by atoms with Crippen molar-refractivity contribution in [3.05, 3.63) is 23.8 Å². The second kappa shape index (κ2) is 6.60. The number of carbonyl (C=O) groups is 1. The summed E-state index contributed by atoms with van der Waals surface area (Å²) in [4.78, 5) is 11.1. The molecule has 0 heterocycles. The van der Waals surface area contributed by atoms with Crippen molar-refractivity contribution in [2.24, 2.45) is 0 Å². The van der Waals surface area contributed by atoms with Crippen LogP contribution in [0.1, 0.15) is 24.2 Å². The SMILES string of the molecule is COc1ccc(OCCS(=O)(=O)C(C)C)c(C(=O)O)c1. The lowest BCUT2D eigenvalue weighted by Gasteiger charge is -2.12. The van der Waals surface area contributed by atoms with E-state index >= 15 is 0 Å². The Morgan fingerprint density at radius 2 is 2.00 bits per heavy atom. The highest BCUT2D eigenvalue weighted by Gasteiger charge is 2.17. The van der Waals surface area contributed by atoms with Gasteiger partial charge in [-0.2, -0.15) is 0 Å². The van der Waals surface area contributed by atoms with Gasteiger partial charge >= 0.3 is 5.97 Å². The summed E-state index contributed by atoms with van der Waals surface area (Å²) in [7, 11) is -1.78. The molecule has 0 aliphatic rings. The molecule has 0 radical (unpaired) electrons. The molecule has 7 heteroatoms. The highest BCUT2D eigenvalue weighted by molar-refractivity contribution is 7.91. The lowest BCUT2D eigenvalue weighted by molar-refractivity contribution is 0.0692. The van der Waals surface area contributed by atoms with Crippen LogP contribution in [0.2, 0.25) is 0 Å². The van der Waals surface area contributed by atoms with Gasteiger partial charge < -0.3 is 14.6 Å². The highest BCUT2D eigenvalue weighted by atomic mass is 32.2. The summed E-state index contributed by atoms with van der Waals surface area (Å²) in [6, 6.07) is 4.33. The number of aromatic carboxylic acids is 1. The highest BCUT2D eigenvalue weighted by Crippen LogP contribution is 2.24. The van der Waals surface area contributed by atoms with Crippen molar-refractivity contribution in [3.8, 4) is 11.5 Å². The summed E-state index contributed by atoms with van der Waals surface area (Å²) in [5, 5.41) is 8.59. The van der Waals surface area contributed by atoms with Gasteiger partial charge in [0.15, 0.2) is 9.84 Å². The molecule has 0 aliphatic heterocycles. The summed E-state index contributed by atoms with van der Waals surface area (Å²) < 4.78 is 33.5.